The highest BCUT2D eigenvalue weighted by molar-refractivity contribution is 9.10. The second-order valence-corrected chi connectivity index (χ2v) is 11.4. The van der Waals surface area contributed by atoms with Crippen molar-refractivity contribution in [2.75, 3.05) is 26.3 Å². The molecule has 206 valence electrons. The number of hydrogen-bond donors (Lipinski definition) is 3. The lowest BCUT2D eigenvalue weighted by Crippen LogP contribution is -2.56. The maximum atomic E-state index is 13.7. The molecule has 3 rings (SSSR count). The zero-order valence-corrected chi connectivity index (χ0v) is 24.9. The fraction of sp³-hybridized carbons (Fsp3) is 0.481. The number of halogens is 3. The van der Waals surface area contributed by atoms with Gasteiger partial charge in [0.2, 0.25) is 5.91 Å². The Morgan fingerprint density at radius 2 is 1.68 bits per heavy atom. The number of carbonyl (C=O) groups excluding carboxylic acids is 2. The summed E-state index contributed by atoms with van der Waals surface area (Å²) in [6.07, 6.45) is 2.65. The van der Waals surface area contributed by atoms with E-state index in [0.29, 0.717) is 30.5 Å². The Kier molecular flexibility index (Phi) is 12.9. The fourth-order valence-corrected chi connectivity index (χ4v) is 5.29. The lowest BCUT2D eigenvalue weighted by molar-refractivity contribution is -0.123. The molecule has 3 N–H and O–H groups in total. The third-order valence-corrected chi connectivity index (χ3v) is 7.58. The van der Waals surface area contributed by atoms with Crippen LogP contribution in [0.5, 0.6) is 0 Å². The first kappa shape index (κ1) is 30.9. The van der Waals surface area contributed by atoms with Crippen LogP contribution >= 0.6 is 39.1 Å². The average Bonchev–Trinajstić information content (AvgIpc) is 2.89. The highest BCUT2D eigenvalue weighted by atomic mass is 79.9. The summed E-state index contributed by atoms with van der Waals surface area (Å²) >= 11 is 15.9. The summed E-state index contributed by atoms with van der Waals surface area (Å²) < 4.78 is 12.6. The van der Waals surface area contributed by atoms with Gasteiger partial charge in [-0.25, -0.2) is 0 Å². The second-order valence-electron chi connectivity index (χ2n) is 9.75. The normalized spacial score (nSPS) is 16.5. The van der Waals surface area contributed by atoms with Crippen molar-refractivity contribution in [1.29, 1.82) is 0 Å². The van der Waals surface area contributed by atoms with Gasteiger partial charge in [-0.2, -0.15) is 0 Å². The van der Waals surface area contributed by atoms with E-state index < -0.39 is 19.1 Å². The van der Waals surface area contributed by atoms with Gasteiger partial charge < -0.3 is 25.3 Å². The predicted molar refractivity (Wildman–Crippen MR) is 157 cm³/mol. The molecule has 1 fully saturated rings. The molecular weight excluding hydrogens is 592 g/mol. The number of hydrogen-bond acceptors (Lipinski definition) is 5. The maximum Gasteiger partial charge on any atom is 0.480 e. The van der Waals surface area contributed by atoms with Crippen LogP contribution in [0.3, 0.4) is 0 Å². The molecule has 2 amide bonds. The Morgan fingerprint density at radius 1 is 1.03 bits per heavy atom. The summed E-state index contributed by atoms with van der Waals surface area (Å²) in [6, 6.07) is 11.9. The molecule has 0 aliphatic carbocycles. The van der Waals surface area contributed by atoms with Crippen molar-refractivity contribution < 1.29 is 18.9 Å². The van der Waals surface area contributed by atoms with Crippen molar-refractivity contribution in [3.05, 3.63) is 68.1 Å². The van der Waals surface area contributed by atoms with Crippen LogP contribution in [0.2, 0.25) is 10.0 Å². The van der Waals surface area contributed by atoms with Crippen LogP contribution in [0.15, 0.2) is 46.9 Å². The van der Waals surface area contributed by atoms with Crippen LogP contribution in [-0.4, -0.2) is 57.2 Å². The molecule has 1 aliphatic heterocycles. The van der Waals surface area contributed by atoms with Crippen molar-refractivity contribution in [1.82, 2.24) is 16.0 Å². The van der Waals surface area contributed by atoms with Gasteiger partial charge in [0.05, 0.1) is 21.5 Å². The molecule has 38 heavy (non-hydrogen) atoms. The highest BCUT2D eigenvalue weighted by Crippen LogP contribution is 2.31. The molecule has 2 atom stereocenters. The van der Waals surface area contributed by atoms with E-state index in [1.54, 1.807) is 12.1 Å². The van der Waals surface area contributed by atoms with Gasteiger partial charge in [0.1, 0.15) is 6.04 Å². The topological polar surface area (TPSA) is 88.7 Å². The fourth-order valence-electron chi connectivity index (χ4n) is 4.25. The molecule has 0 saturated carbocycles. The van der Waals surface area contributed by atoms with E-state index in [2.05, 4.69) is 45.7 Å². The first-order valence-corrected chi connectivity index (χ1v) is 14.5. The van der Waals surface area contributed by atoms with E-state index in [-0.39, 0.29) is 33.4 Å². The van der Waals surface area contributed by atoms with Crippen LogP contribution in [-0.2, 0) is 20.5 Å². The van der Waals surface area contributed by atoms with Gasteiger partial charge in [-0.3, -0.25) is 9.59 Å². The standard InChI is InChI=1S/C27H35BBrCl2N3O4/c1-18(2)16-23(28-37-14-6-12-32-13-7-15-38-28)34-26(35)22(17-19-8-4-3-5-9-19)33-27(36)24-20(29)10-11-21(30)25(24)31/h3-5,8-11,18,22-23,32H,6-7,12-17H2,1-2H3,(H,33,36)(H,34,35)/t22-,23-/m0/s1. The van der Waals surface area contributed by atoms with Gasteiger partial charge in [-0.15, -0.1) is 0 Å². The third kappa shape index (κ3) is 9.54. The number of nitrogens with one attached hydrogen (secondary N) is 3. The second kappa shape index (κ2) is 15.8. The van der Waals surface area contributed by atoms with Gasteiger partial charge in [-0.1, -0.05) is 67.4 Å². The molecule has 11 heteroatoms. The molecule has 0 bridgehead atoms. The molecule has 1 heterocycles. The zero-order valence-electron chi connectivity index (χ0n) is 21.8. The molecule has 1 saturated heterocycles. The SMILES string of the molecule is CC(C)C[C@H](NC(=O)[C@H](Cc1ccccc1)NC(=O)c1c(Br)ccc(Cl)c1Cl)B1OCCCNCCCO1. The van der Waals surface area contributed by atoms with Crippen LogP contribution in [0, 0.1) is 5.92 Å². The Morgan fingerprint density at radius 3 is 2.32 bits per heavy atom. The first-order valence-electron chi connectivity index (χ1n) is 13.0. The largest absolute Gasteiger partial charge is 0.480 e. The van der Waals surface area contributed by atoms with E-state index in [4.69, 9.17) is 32.5 Å². The number of rotatable bonds is 9. The molecule has 0 unspecified atom stereocenters. The van der Waals surface area contributed by atoms with Crippen molar-refractivity contribution in [2.45, 2.75) is 51.5 Å². The predicted octanol–water partition coefficient (Wildman–Crippen LogP) is 5.07. The van der Waals surface area contributed by atoms with Crippen molar-refractivity contribution in [3.63, 3.8) is 0 Å². The lowest BCUT2D eigenvalue weighted by Gasteiger charge is -2.29. The third-order valence-electron chi connectivity index (χ3n) is 6.12. The molecule has 0 spiro atoms. The zero-order chi connectivity index (χ0) is 27.5. The van der Waals surface area contributed by atoms with E-state index >= 15 is 0 Å². The summed E-state index contributed by atoms with van der Waals surface area (Å²) in [5.41, 5.74) is 1.08. The first-order chi connectivity index (χ1) is 18.3. The van der Waals surface area contributed by atoms with E-state index in [1.807, 2.05) is 30.3 Å². The van der Waals surface area contributed by atoms with Crippen LogP contribution < -0.4 is 16.0 Å². The molecule has 2 aromatic carbocycles. The Balaban J connectivity index is 1.83. The number of carbonyl (C=O) groups is 2. The monoisotopic (exact) mass is 625 g/mol. The quantitative estimate of drug-likeness (QED) is 0.267. The smallest absolute Gasteiger partial charge is 0.410 e. The van der Waals surface area contributed by atoms with Gasteiger partial charge in [0.25, 0.3) is 5.91 Å². The summed E-state index contributed by atoms with van der Waals surface area (Å²) in [5, 5.41) is 9.73. The minimum absolute atomic E-state index is 0.118. The number of amides is 2. The van der Waals surface area contributed by atoms with Crippen molar-refractivity contribution >= 4 is 58.1 Å². The van der Waals surface area contributed by atoms with Crippen LogP contribution in [0.25, 0.3) is 0 Å². The molecule has 1 aliphatic rings. The highest BCUT2D eigenvalue weighted by Gasteiger charge is 2.35. The summed E-state index contributed by atoms with van der Waals surface area (Å²) in [4.78, 5) is 27.1. The van der Waals surface area contributed by atoms with Crippen LogP contribution in [0.4, 0.5) is 0 Å². The number of benzene rings is 2. The summed E-state index contributed by atoms with van der Waals surface area (Å²) in [6.45, 7) is 6.97. The van der Waals surface area contributed by atoms with Gasteiger partial charge in [-0.05, 0) is 71.9 Å². The molecular formula is C27H35BBrCl2N3O4. The van der Waals surface area contributed by atoms with Crippen LogP contribution in [0.1, 0.15) is 49.0 Å². The Labute approximate surface area is 244 Å². The van der Waals surface area contributed by atoms with Crippen molar-refractivity contribution in [3.8, 4) is 0 Å². The van der Waals surface area contributed by atoms with Gasteiger partial charge in [0.15, 0.2) is 0 Å². The Hall–Kier alpha value is -1.62. The summed E-state index contributed by atoms with van der Waals surface area (Å²) in [7, 11) is -0.580. The van der Waals surface area contributed by atoms with E-state index in [1.165, 1.54) is 0 Å². The average molecular weight is 627 g/mol. The lowest BCUT2D eigenvalue weighted by atomic mass is 9.73. The molecule has 2 aromatic rings. The summed E-state index contributed by atoms with van der Waals surface area (Å²) in [5.74, 6) is -0.924. The van der Waals surface area contributed by atoms with E-state index in [9.17, 15) is 9.59 Å². The molecule has 0 aromatic heterocycles. The van der Waals surface area contributed by atoms with Gasteiger partial charge in [0, 0.05) is 24.1 Å². The van der Waals surface area contributed by atoms with Crippen molar-refractivity contribution in [2.24, 2.45) is 5.92 Å². The molecule has 7 nitrogen and oxygen atoms in total. The maximum absolute atomic E-state index is 13.7. The molecule has 0 radical (unpaired) electrons. The minimum atomic E-state index is -0.870. The Bertz CT molecular complexity index is 1050. The minimum Gasteiger partial charge on any atom is -0.410 e. The van der Waals surface area contributed by atoms with E-state index in [0.717, 1.165) is 31.5 Å². The van der Waals surface area contributed by atoms with Gasteiger partial charge >= 0.3 is 7.12 Å².